The molecule has 2 aromatic rings. The Morgan fingerprint density at radius 2 is 1.46 bits per heavy atom. The van der Waals surface area contributed by atoms with Gasteiger partial charge in [-0.2, -0.15) is 0 Å². The molecule has 0 saturated heterocycles. The van der Waals surface area contributed by atoms with E-state index in [0.29, 0.717) is 36.9 Å². The first-order valence-electron chi connectivity index (χ1n) is 17.1. The van der Waals surface area contributed by atoms with Crippen LogP contribution in [0.5, 0.6) is 0 Å². The molecule has 0 saturated carbocycles. The van der Waals surface area contributed by atoms with Crippen molar-refractivity contribution in [2.24, 2.45) is 0 Å². The molecule has 0 spiro atoms. The van der Waals surface area contributed by atoms with Gasteiger partial charge in [0.2, 0.25) is 17.7 Å². The van der Waals surface area contributed by atoms with Gasteiger partial charge in [-0.3, -0.25) is 28.9 Å². The molecule has 3 rings (SSSR count). The number of amides is 6. The van der Waals surface area contributed by atoms with E-state index < -0.39 is 41.0 Å². The molecule has 0 aliphatic carbocycles. The van der Waals surface area contributed by atoms with Gasteiger partial charge in [0.05, 0.1) is 0 Å². The van der Waals surface area contributed by atoms with E-state index in [1.165, 1.54) is 12.2 Å². The molecular formula is C37H46ClN5O9. The zero-order valence-corrected chi connectivity index (χ0v) is 30.3. The Morgan fingerprint density at radius 3 is 2.10 bits per heavy atom. The molecule has 0 bridgehead atoms. The highest BCUT2D eigenvalue weighted by Crippen LogP contribution is 2.14. The van der Waals surface area contributed by atoms with Crippen molar-refractivity contribution in [3.8, 4) is 0 Å². The molecule has 4 N–H and O–H groups in total. The Labute approximate surface area is 308 Å². The lowest BCUT2D eigenvalue weighted by Gasteiger charge is -2.24. The van der Waals surface area contributed by atoms with Crippen molar-refractivity contribution in [1.29, 1.82) is 0 Å². The predicted octanol–water partition coefficient (Wildman–Crippen LogP) is 4.50. The van der Waals surface area contributed by atoms with Crippen LogP contribution in [0.2, 0.25) is 0 Å². The summed E-state index contributed by atoms with van der Waals surface area (Å²) in [6.45, 7) is 5.60. The number of anilines is 1. The van der Waals surface area contributed by atoms with Gasteiger partial charge < -0.3 is 30.7 Å². The number of rotatable bonds is 19. The fourth-order valence-corrected chi connectivity index (χ4v) is 5.17. The van der Waals surface area contributed by atoms with Gasteiger partial charge in [0.25, 0.3) is 11.8 Å². The third kappa shape index (κ3) is 15.3. The molecule has 52 heavy (non-hydrogen) atoms. The average molecular weight is 740 g/mol. The highest BCUT2D eigenvalue weighted by atomic mass is 35.5. The molecular weight excluding hydrogens is 694 g/mol. The lowest BCUT2D eigenvalue weighted by atomic mass is 10.0. The molecule has 0 radical (unpaired) electrons. The van der Waals surface area contributed by atoms with Gasteiger partial charge >= 0.3 is 11.5 Å². The first-order chi connectivity index (χ1) is 24.7. The Morgan fingerprint density at radius 1 is 0.788 bits per heavy atom. The molecule has 0 aromatic heterocycles. The number of halogens is 1. The van der Waals surface area contributed by atoms with Crippen molar-refractivity contribution in [3.05, 3.63) is 77.9 Å². The minimum absolute atomic E-state index is 0.0489. The lowest BCUT2D eigenvalue weighted by molar-refractivity contribution is -0.137. The van der Waals surface area contributed by atoms with Crippen molar-refractivity contribution < 1.29 is 43.0 Å². The zero-order chi connectivity index (χ0) is 38.1. The third-order valence-electron chi connectivity index (χ3n) is 7.67. The molecule has 1 aliphatic rings. The van der Waals surface area contributed by atoms with Crippen LogP contribution < -0.4 is 21.3 Å². The van der Waals surface area contributed by atoms with Crippen LogP contribution in [-0.2, 0) is 46.5 Å². The van der Waals surface area contributed by atoms with Crippen LogP contribution in [0.3, 0.4) is 0 Å². The Kier molecular flexibility index (Phi) is 16.3. The summed E-state index contributed by atoms with van der Waals surface area (Å²) in [7, 11) is 0. The van der Waals surface area contributed by atoms with Crippen LogP contribution in [-0.4, -0.2) is 76.7 Å². The van der Waals surface area contributed by atoms with Gasteiger partial charge in [-0.1, -0.05) is 48.9 Å². The van der Waals surface area contributed by atoms with Gasteiger partial charge in [0.1, 0.15) is 24.3 Å². The van der Waals surface area contributed by atoms with E-state index in [1.54, 1.807) is 45.0 Å². The van der Waals surface area contributed by atoms with Gasteiger partial charge in [-0.05, 0) is 69.7 Å². The van der Waals surface area contributed by atoms with Crippen LogP contribution in [0.4, 0.5) is 15.3 Å². The molecule has 280 valence electrons. The normalized spacial score (nSPS) is 13.6. The number of carbonyl (C=O) groups is 7. The van der Waals surface area contributed by atoms with Crippen LogP contribution in [0.25, 0.3) is 0 Å². The average Bonchev–Trinajstić information content (AvgIpc) is 3.40. The molecule has 1 heterocycles. The number of imide groups is 1. The molecule has 6 amide bonds. The highest BCUT2D eigenvalue weighted by molar-refractivity contribution is 6.61. The maximum Gasteiger partial charge on any atom is 0.407 e. The van der Waals surface area contributed by atoms with Crippen LogP contribution >= 0.6 is 11.6 Å². The largest absolute Gasteiger partial charge is 0.449 e. The molecule has 15 heteroatoms. The Balaban J connectivity index is 1.66. The molecule has 1 aliphatic heterocycles. The van der Waals surface area contributed by atoms with Gasteiger partial charge in [0, 0.05) is 55.4 Å². The minimum Gasteiger partial charge on any atom is -0.449 e. The maximum atomic E-state index is 13.8. The number of carbonyl (C=O) groups excluding carboxylic acids is 7. The van der Waals surface area contributed by atoms with E-state index in [2.05, 4.69) is 21.3 Å². The van der Waals surface area contributed by atoms with E-state index in [0.717, 1.165) is 10.5 Å². The summed E-state index contributed by atoms with van der Waals surface area (Å²) in [5.74, 6) is -2.18. The number of alkyl carbamates (subject to hydrolysis) is 1. The third-order valence-corrected chi connectivity index (χ3v) is 7.77. The second-order valence-electron chi connectivity index (χ2n) is 13.1. The highest BCUT2D eigenvalue weighted by Gasteiger charge is 2.28. The molecule has 2 atom stereocenters. The summed E-state index contributed by atoms with van der Waals surface area (Å²) in [6.07, 6.45) is 4.14. The molecule has 14 nitrogen and oxygen atoms in total. The maximum absolute atomic E-state index is 13.8. The molecule has 2 aromatic carbocycles. The van der Waals surface area contributed by atoms with Gasteiger partial charge in [-0.15, -0.1) is 0 Å². The summed E-state index contributed by atoms with van der Waals surface area (Å²) < 4.78 is 10.0. The van der Waals surface area contributed by atoms with Crippen molar-refractivity contribution in [2.45, 2.75) is 90.0 Å². The number of ether oxygens (including phenoxy) is 2. The summed E-state index contributed by atoms with van der Waals surface area (Å²) in [5.41, 5.74) is 0.215. The summed E-state index contributed by atoms with van der Waals surface area (Å²) in [5, 5.41) is 11.0. The van der Waals surface area contributed by atoms with Crippen LogP contribution in [0.1, 0.15) is 70.4 Å². The van der Waals surface area contributed by atoms with E-state index in [-0.39, 0.29) is 56.7 Å². The minimum atomic E-state index is -1.05. The second-order valence-corrected chi connectivity index (χ2v) is 13.4. The van der Waals surface area contributed by atoms with E-state index in [1.807, 2.05) is 30.3 Å². The summed E-state index contributed by atoms with van der Waals surface area (Å²) in [6, 6.07) is 13.5. The van der Waals surface area contributed by atoms with Crippen molar-refractivity contribution in [2.75, 3.05) is 18.4 Å². The number of unbranched alkanes of at least 4 members (excludes halogenated alkanes) is 2. The van der Waals surface area contributed by atoms with E-state index in [9.17, 15) is 33.6 Å². The standard InChI is InChI=1S/C37H46ClN5O9/c1-37(2,3)52-36(50)39-21-10-13-28(33(47)40-27-17-15-26(16-18-27)24-51-35(38)49)42-34(48)29(23-25-11-6-4-7-12-25)41-30(44)14-8-5-9-22-43-31(45)19-20-32(43)46/h4,6-7,11-12,15-20,28-29H,5,8-10,13-14,21-24H2,1-3H3,(H,39,50)(H,40,47)(H,41,44)(H,42,48)/t28-,29?/m0/s1. The molecule has 1 unspecified atom stereocenters. The van der Waals surface area contributed by atoms with E-state index >= 15 is 0 Å². The number of nitrogens with zero attached hydrogens (tertiary/aromatic N) is 1. The second kappa shape index (κ2) is 20.6. The first-order valence-corrected chi connectivity index (χ1v) is 17.4. The predicted molar refractivity (Wildman–Crippen MR) is 193 cm³/mol. The van der Waals surface area contributed by atoms with Crippen molar-refractivity contribution in [3.63, 3.8) is 0 Å². The van der Waals surface area contributed by atoms with Crippen LogP contribution in [0, 0.1) is 0 Å². The van der Waals surface area contributed by atoms with Crippen molar-refractivity contribution in [1.82, 2.24) is 20.9 Å². The van der Waals surface area contributed by atoms with Crippen molar-refractivity contribution >= 4 is 58.3 Å². The van der Waals surface area contributed by atoms with Crippen LogP contribution in [0.15, 0.2) is 66.7 Å². The molecule has 0 fully saturated rings. The monoisotopic (exact) mass is 739 g/mol. The smallest absolute Gasteiger partial charge is 0.407 e. The Bertz CT molecular complexity index is 1570. The van der Waals surface area contributed by atoms with Gasteiger partial charge in [0.15, 0.2) is 0 Å². The lowest BCUT2D eigenvalue weighted by Crippen LogP contribution is -2.53. The zero-order valence-electron chi connectivity index (χ0n) is 29.6. The number of hydrogen-bond acceptors (Lipinski definition) is 9. The van der Waals surface area contributed by atoms with E-state index in [4.69, 9.17) is 21.1 Å². The fraction of sp³-hybridized carbons (Fsp3) is 0.432. The number of hydrogen-bond donors (Lipinski definition) is 4. The first kappa shape index (κ1) is 41.2. The number of benzene rings is 2. The fourth-order valence-electron chi connectivity index (χ4n) is 5.12. The summed E-state index contributed by atoms with van der Waals surface area (Å²) >= 11 is 5.23. The number of nitrogens with one attached hydrogen (secondary N) is 4. The van der Waals surface area contributed by atoms with Gasteiger partial charge in [-0.25, -0.2) is 9.59 Å². The topological polar surface area (TPSA) is 189 Å². The Hall–Kier alpha value is -5.24. The SMILES string of the molecule is CC(C)(C)OC(=O)NCCC[C@H](NC(=O)C(Cc1ccccc1)NC(=O)CCCCCN1C(=O)C=CC1=O)C(=O)Nc1ccc(COC(=O)Cl)cc1. The quantitative estimate of drug-likeness (QED) is 0.0913. The summed E-state index contributed by atoms with van der Waals surface area (Å²) in [4.78, 5) is 88.1.